The summed E-state index contributed by atoms with van der Waals surface area (Å²) in [6, 6.07) is 20.4. The van der Waals surface area contributed by atoms with E-state index in [1.54, 1.807) is 12.1 Å². The standard InChI is InChI=1S/C38H50N6O6/c1-25(2)19-31(37(47)42-30(15-9-10-18-39)36(46)41-23-28-16-17-33-34(22-28)50-24-49-33)44-38(48)32(21-27-13-7-4-8-14-27)43-35(45)29(40)20-26-11-5-3-6-12-26/h3-8,11-14,16-17,22,25,29-32H,9-10,15,18-21,23-24,39-40H2,1-2H3,(H,41,46)(H,42,47)(H,43,45)(H,44,48)/t29-,30-,31-,32-/m1/s1. The van der Waals surface area contributed by atoms with Gasteiger partial charge < -0.3 is 42.2 Å². The molecule has 0 spiro atoms. The number of rotatable bonds is 19. The zero-order valence-corrected chi connectivity index (χ0v) is 28.9. The van der Waals surface area contributed by atoms with Crippen LogP contribution < -0.4 is 42.2 Å². The second-order valence-electron chi connectivity index (χ2n) is 13.0. The maximum Gasteiger partial charge on any atom is 0.243 e. The van der Waals surface area contributed by atoms with Crippen molar-refractivity contribution in [3.8, 4) is 11.5 Å². The minimum atomic E-state index is -1.00. The van der Waals surface area contributed by atoms with E-state index < -0.39 is 41.9 Å². The molecule has 4 amide bonds. The molecular formula is C38H50N6O6. The number of hydrogen-bond acceptors (Lipinski definition) is 8. The normalized spacial score (nSPS) is 14.3. The second-order valence-corrected chi connectivity index (χ2v) is 13.0. The van der Waals surface area contributed by atoms with Crippen molar-refractivity contribution in [3.05, 3.63) is 95.6 Å². The first kappa shape index (κ1) is 37.9. The van der Waals surface area contributed by atoms with Gasteiger partial charge in [-0.3, -0.25) is 19.2 Å². The van der Waals surface area contributed by atoms with Crippen molar-refractivity contribution in [2.24, 2.45) is 17.4 Å². The Morgan fingerprint density at radius 3 is 1.94 bits per heavy atom. The highest BCUT2D eigenvalue weighted by Crippen LogP contribution is 2.32. The van der Waals surface area contributed by atoms with Gasteiger partial charge in [-0.1, -0.05) is 80.6 Å². The van der Waals surface area contributed by atoms with Gasteiger partial charge in [-0.15, -0.1) is 0 Å². The monoisotopic (exact) mass is 686 g/mol. The third kappa shape index (κ3) is 11.9. The summed E-state index contributed by atoms with van der Waals surface area (Å²) >= 11 is 0. The summed E-state index contributed by atoms with van der Waals surface area (Å²) in [5.41, 5.74) is 14.5. The minimum Gasteiger partial charge on any atom is -0.454 e. The molecule has 12 heteroatoms. The Morgan fingerprint density at radius 2 is 1.28 bits per heavy atom. The third-order valence-corrected chi connectivity index (χ3v) is 8.37. The lowest BCUT2D eigenvalue weighted by molar-refractivity contribution is -0.134. The number of fused-ring (bicyclic) bond motifs is 1. The molecule has 1 heterocycles. The van der Waals surface area contributed by atoms with Gasteiger partial charge in [0, 0.05) is 13.0 Å². The van der Waals surface area contributed by atoms with Gasteiger partial charge in [0.15, 0.2) is 11.5 Å². The Labute approximate surface area is 294 Å². The van der Waals surface area contributed by atoms with Gasteiger partial charge in [0.1, 0.15) is 18.1 Å². The number of nitrogens with one attached hydrogen (secondary N) is 4. The van der Waals surface area contributed by atoms with E-state index in [4.69, 9.17) is 20.9 Å². The van der Waals surface area contributed by atoms with Crippen LogP contribution in [0.25, 0.3) is 0 Å². The Kier molecular flexibility index (Phi) is 14.6. The fourth-order valence-electron chi connectivity index (χ4n) is 5.67. The Morgan fingerprint density at radius 1 is 0.680 bits per heavy atom. The van der Waals surface area contributed by atoms with Gasteiger partial charge in [0.25, 0.3) is 0 Å². The summed E-state index contributed by atoms with van der Waals surface area (Å²) in [5.74, 6) is -0.570. The molecular weight excluding hydrogens is 636 g/mol. The van der Waals surface area contributed by atoms with Crippen LogP contribution in [0, 0.1) is 5.92 Å². The lowest BCUT2D eigenvalue weighted by Gasteiger charge is -2.27. The fourth-order valence-corrected chi connectivity index (χ4v) is 5.67. The van der Waals surface area contributed by atoms with Crippen LogP contribution in [-0.4, -0.2) is 61.1 Å². The molecule has 0 bridgehead atoms. The summed E-state index contributed by atoms with van der Waals surface area (Å²) < 4.78 is 10.8. The molecule has 1 aliphatic rings. The maximum atomic E-state index is 13.9. The van der Waals surface area contributed by atoms with Crippen LogP contribution in [-0.2, 0) is 38.6 Å². The van der Waals surface area contributed by atoms with E-state index in [1.807, 2.05) is 80.6 Å². The number of ether oxygens (including phenoxy) is 2. The van der Waals surface area contributed by atoms with Gasteiger partial charge in [0.05, 0.1) is 6.04 Å². The summed E-state index contributed by atoms with van der Waals surface area (Å²) in [6.07, 6.45) is 2.47. The highest BCUT2D eigenvalue weighted by atomic mass is 16.7. The summed E-state index contributed by atoms with van der Waals surface area (Å²) in [4.78, 5) is 54.4. The van der Waals surface area contributed by atoms with E-state index >= 15 is 0 Å². The van der Waals surface area contributed by atoms with E-state index in [-0.39, 0.29) is 31.6 Å². The molecule has 4 rings (SSSR count). The molecule has 12 nitrogen and oxygen atoms in total. The van der Waals surface area contributed by atoms with Crippen LogP contribution in [0.5, 0.6) is 11.5 Å². The molecule has 8 N–H and O–H groups in total. The zero-order chi connectivity index (χ0) is 35.9. The van der Waals surface area contributed by atoms with Gasteiger partial charge in [-0.25, -0.2) is 0 Å². The van der Waals surface area contributed by atoms with Crippen LogP contribution in [0.2, 0.25) is 0 Å². The number of unbranched alkanes of at least 4 members (excludes halogenated alkanes) is 1. The molecule has 268 valence electrons. The smallest absolute Gasteiger partial charge is 0.243 e. The SMILES string of the molecule is CC(C)C[C@@H](NC(=O)[C@@H](Cc1ccccc1)NC(=O)[C@H](N)Cc1ccccc1)C(=O)N[C@H](CCCCN)C(=O)NCc1ccc2c(c1)OCO2. The first-order valence-corrected chi connectivity index (χ1v) is 17.2. The van der Waals surface area contributed by atoms with Crippen molar-refractivity contribution in [1.82, 2.24) is 21.3 Å². The van der Waals surface area contributed by atoms with Crippen molar-refractivity contribution in [2.45, 2.75) is 83.1 Å². The number of hydrogen-bond donors (Lipinski definition) is 6. The number of amides is 4. The summed E-state index contributed by atoms with van der Waals surface area (Å²) in [7, 11) is 0. The first-order chi connectivity index (χ1) is 24.1. The molecule has 3 aromatic rings. The topological polar surface area (TPSA) is 187 Å². The number of nitrogens with two attached hydrogens (primary N) is 2. The van der Waals surface area contributed by atoms with Crippen molar-refractivity contribution in [1.29, 1.82) is 0 Å². The van der Waals surface area contributed by atoms with Crippen LogP contribution in [0.4, 0.5) is 0 Å². The largest absolute Gasteiger partial charge is 0.454 e. The van der Waals surface area contributed by atoms with Crippen molar-refractivity contribution in [2.75, 3.05) is 13.3 Å². The molecule has 0 aliphatic carbocycles. The van der Waals surface area contributed by atoms with E-state index in [1.165, 1.54) is 0 Å². The Hall–Kier alpha value is -4.94. The number of benzene rings is 3. The second kappa shape index (κ2) is 19.3. The summed E-state index contributed by atoms with van der Waals surface area (Å²) in [5, 5.41) is 11.5. The van der Waals surface area contributed by atoms with Crippen molar-refractivity contribution < 1.29 is 28.7 Å². The molecule has 0 saturated carbocycles. The lowest BCUT2D eigenvalue weighted by Crippen LogP contribution is -2.58. The average molecular weight is 687 g/mol. The van der Waals surface area contributed by atoms with E-state index in [2.05, 4.69) is 21.3 Å². The molecule has 0 fully saturated rings. The van der Waals surface area contributed by atoms with Gasteiger partial charge >= 0.3 is 0 Å². The highest BCUT2D eigenvalue weighted by molar-refractivity contribution is 5.95. The molecule has 0 aromatic heterocycles. The van der Waals surface area contributed by atoms with Gasteiger partial charge in [-0.2, -0.15) is 0 Å². The predicted molar refractivity (Wildman–Crippen MR) is 191 cm³/mol. The molecule has 0 unspecified atom stereocenters. The lowest BCUT2D eigenvalue weighted by atomic mass is 9.99. The van der Waals surface area contributed by atoms with E-state index in [0.717, 1.165) is 16.7 Å². The number of carbonyl (C=O) groups excluding carboxylic acids is 4. The van der Waals surface area contributed by atoms with Gasteiger partial charge in [-0.05, 0) is 73.4 Å². The molecule has 0 radical (unpaired) electrons. The van der Waals surface area contributed by atoms with Crippen molar-refractivity contribution in [3.63, 3.8) is 0 Å². The highest BCUT2D eigenvalue weighted by Gasteiger charge is 2.31. The van der Waals surface area contributed by atoms with Crippen LogP contribution in [0.15, 0.2) is 78.9 Å². The van der Waals surface area contributed by atoms with Gasteiger partial charge in [0.2, 0.25) is 30.4 Å². The molecule has 1 aliphatic heterocycles. The van der Waals surface area contributed by atoms with E-state index in [9.17, 15) is 19.2 Å². The van der Waals surface area contributed by atoms with Crippen LogP contribution >= 0.6 is 0 Å². The fraction of sp³-hybridized carbons (Fsp3) is 0.421. The Balaban J connectivity index is 1.45. The molecule has 50 heavy (non-hydrogen) atoms. The first-order valence-electron chi connectivity index (χ1n) is 17.2. The summed E-state index contributed by atoms with van der Waals surface area (Å²) in [6.45, 7) is 4.70. The molecule has 0 saturated heterocycles. The quantitative estimate of drug-likeness (QED) is 0.104. The zero-order valence-electron chi connectivity index (χ0n) is 28.9. The minimum absolute atomic E-state index is 0.0306. The van der Waals surface area contributed by atoms with Crippen LogP contribution in [0.1, 0.15) is 56.2 Å². The predicted octanol–water partition coefficient (Wildman–Crippen LogP) is 2.47. The Bertz CT molecular complexity index is 1550. The molecule has 3 aromatic carbocycles. The number of carbonyl (C=O) groups is 4. The molecule has 4 atom stereocenters. The van der Waals surface area contributed by atoms with Crippen LogP contribution in [0.3, 0.4) is 0 Å². The third-order valence-electron chi connectivity index (χ3n) is 8.37. The maximum absolute atomic E-state index is 13.9. The van der Waals surface area contributed by atoms with E-state index in [0.29, 0.717) is 50.1 Å². The average Bonchev–Trinajstić information content (AvgIpc) is 3.58. The van der Waals surface area contributed by atoms with Crippen molar-refractivity contribution >= 4 is 23.6 Å².